The third kappa shape index (κ3) is 4.37. The highest BCUT2D eigenvalue weighted by Gasteiger charge is 2.23. The van der Waals surface area contributed by atoms with Crippen molar-refractivity contribution in [3.05, 3.63) is 47.8 Å². The van der Waals surface area contributed by atoms with Crippen LogP contribution in [0.4, 0.5) is 10.5 Å². The zero-order valence-corrected chi connectivity index (χ0v) is 14.4. The maximum Gasteiger partial charge on any atom is 0.315 e. The number of benzene rings is 1. The first-order chi connectivity index (χ1) is 12.1. The van der Waals surface area contributed by atoms with Crippen molar-refractivity contribution in [2.45, 2.75) is 25.8 Å². The number of aromatic nitrogens is 2. The van der Waals surface area contributed by atoms with Crippen LogP contribution in [0.2, 0.25) is 0 Å². The highest BCUT2D eigenvalue weighted by Crippen LogP contribution is 2.27. The van der Waals surface area contributed by atoms with Gasteiger partial charge in [-0.1, -0.05) is 18.2 Å². The summed E-state index contributed by atoms with van der Waals surface area (Å²) in [6, 6.07) is 7.78. The van der Waals surface area contributed by atoms with Crippen LogP contribution in [0.1, 0.15) is 24.0 Å². The summed E-state index contributed by atoms with van der Waals surface area (Å²) in [5.41, 5.74) is 3.19. The molecule has 1 aromatic carbocycles. The first-order valence-corrected chi connectivity index (χ1v) is 8.51. The second-order valence-electron chi connectivity index (χ2n) is 6.16. The van der Waals surface area contributed by atoms with E-state index in [1.54, 1.807) is 10.9 Å². The molecule has 0 bridgehead atoms. The summed E-state index contributed by atoms with van der Waals surface area (Å²) in [5.74, 6) is 0.113. The Hall–Kier alpha value is -2.83. The second-order valence-corrected chi connectivity index (χ2v) is 6.16. The lowest BCUT2D eigenvalue weighted by Crippen LogP contribution is -2.36. The third-order valence-electron chi connectivity index (χ3n) is 4.25. The molecule has 0 aliphatic carbocycles. The Bertz CT molecular complexity index is 755. The van der Waals surface area contributed by atoms with Gasteiger partial charge in [0, 0.05) is 50.6 Å². The van der Waals surface area contributed by atoms with E-state index in [1.807, 2.05) is 36.3 Å². The van der Waals surface area contributed by atoms with Gasteiger partial charge in [-0.2, -0.15) is 5.10 Å². The number of amides is 3. The van der Waals surface area contributed by atoms with E-state index in [1.165, 1.54) is 5.56 Å². The molecule has 3 rings (SSSR count). The van der Waals surface area contributed by atoms with E-state index < -0.39 is 0 Å². The molecule has 0 unspecified atom stereocenters. The van der Waals surface area contributed by atoms with Crippen molar-refractivity contribution in [1.82, 2.24) is 20.4 Å². The van der Waals surface area contributed by atoms with Gasteiger partial charge in [0.25, 0.3) is 0 Å². The Labute approximate surface area is 147 Å². The van der Waals surface area contributed by atoms with Gasteiger partial charge in [-0.05, 0) is 24.5 Å². The van der Waals surface area contributed by atoms with Crippen molar-refractivity contribution < 1.29 is 9.59 Å². The standard InChI is InChI=1S/C18H23N5O2/c1-22-13-14(12-21-22)11-20-18(25)19-9-4-7-17(24)23-10-8-15-5-2-3-6-16(15)23/h2-3,5-6,12-13H,4,7-11H2,1H3,(H2,19,20,25). The quantitative estimate of drug-likeness (QED) is 0.783. The zero-order valence-electron chi connectivity index (χ0n) is 14.4. The predicted octanol–water partition coefficient (Wildman–Crippen LogP) is 1.59. The van der Waals surface area contributed by atoms with Crippen LogP contribution in [0.5, 0.6) is 0 Å². The van der Waals surface area contributed by atoms with Crippen molar-refractivity contribution in [2.24, 2.45) is 7.05 Å². The molecule has 0 radical (unpaired) electrons. The minimum absolute atomic E-state index is 0.113. The number of nitrogens with one attached hydrogen (secondary N) is 2. The van der Waals surface area contributed by atoms with Gasteiger partial charge in [-0.3, -0.25) is 9.48 Å². The van der Waals surface area contributed by atoms with Crippen molar-refractivity contribution in [3.8, 4) is 0 Å². The number of hydrogen-bond acceptors (Lipinski definition) is 3. The van der Waals surface area contributed by atoms with E-state index in [0.29, 0.717) is 25.9 Å². The molecule has 0 atom stereocenters. The average molecular weight is 341 g/mol. The smallest absolute Gasteiger partial charge is 0.315 e. The van der Waals surface area contributed by atoms with E-state index in [0.717, 1.165) is 24.2 Å². The van der Waals surface area contributed by atoms with Crippen LogP contribution in [0, 0.1) is 0 Å². The molecule has 0 saturated carbocycles. The van der Waals surface area contributed by atoms with Gasteiger partial charge in [0.2, 0.25) is 5.91 Å². The van der Waals surface area contributed by atoms with E-state index in [4.69, 9.17) is 0 Å². The third-order valence-corrected chi connectivity index (χ3v) is 4.25. The van der Waals surface area contributed by atoms with Crippen molar-refractivity contribution in [3.63, 3.8) is 0 Å². The molecule has 2 heterocycles. The van der Waals surface area contributed by atoms with Crippen molar-refractivity contribution in [1.29, 1.82) is 0 Å². The SMILES string of the molecule is Cn1cc(CNC(=O)NCCCC(=O)N2CCc3ccccc32)cn1. The molecule has 2 aromatic rings. The van der Waals surface area contributed by atoms with Gasteiger partial charge in [-0.15, -0.1) is 0 Å². The number of urea groups is 1. The number of carbonyl (C=O) groups excluding carboxylic acids is 2. The number of fused-ring (bicyclic) bond motifs is 1. The summed E-state index contributed by atoms with van der Waals surface area (Å²) in [4.78, 5) is 25.9. The number of carbonyl (C=O) groups is 2. The van der Waals surface area contributed by atoms with Crippen LogP contribution in [0.3, 0.4) is 0 Å². The molecule has 0 fully saturated rings. The molecular formula is C18H23N5O2. The molecule has 3 amide bonds. The van der Waals surface area contributed by atoms with Crippen LogP contribution in [-0.4, -0.2) is 34.8 Å². The minimum atomic E-state index is -0.233. The van der Waals surface area contributed by atoms with Crippen molar-refractivity contribution in [2.75, 3.05) is 18.0 Å². The molecule has 1 aliphatic heterocycles. The highest BCUT2D eigenvalue weighted by atomic mass is 16.2. The summed E-state index contributed by atoms with van der Waals surface area (Å²) in [7, 11) is 1.83. The highest BCUT2D eigenvalue weighted by molar-refractivity contribution is 5.95. The van der Waals surface area contributed by atoms with E-state index in [-0.39, 0.29) is 11.9 Å². The fourth-order valence-corrected chi connectivity index (χ4v) is 2.98. The monoisotopic (exact) mass is 341 g/mol. The van der Waals surface area contributed by atoms with Crippen LogP contribution in [0.25, 0.3) is 0 Å². The molecular weight excluding hydrogens is 318 g/mol. The molecule has 0 saturated heterocycles. The number of hydrogen-bond donors (Lipinski definition) is 2. The molecule has 132 valence electrons. The first-order valence-electron chi connectivity index (χ1n) is 8.51. The summed E-state index contributed by atoms with van der Waals surface area (Å²) >= 11 is 0. The second kappa shape index (κ2) is 7.83. The normalized spacial score (nSPS) is 12.8. The van der Waals surface area contributed by atoms with Crippen LogP contribution in [-0.2, 0) is 24.8 Å². The molecule has 7 nitrogen and oxygen atoms in total. The molecule has 0 spiro atoms. The maximum atomic E-state index is 12.4. The molecule has 1 aliphatic rings. The molecule has 7 heteroatoms. The van der Waals surface area contributed by atoms with Gasteiger partial charge in [0.1, 0.15) is 0 Å². The minimum Gasteiger partial charge on any atom is -0.338 e. The Morgan fingerprint density at radius 1 is 1.24 bits per heavy atom. The lowest BCUT2D eigenvalue weighted by atomic mass is 10.2. The van der Waals surface area contributed by atoms with Gasteiger partial charge in [0.05, 0.1) is 6.20 Å². The van der Waals surface area contributed by atoms with Gasteiger partial charge in [-0.25, -0.2) is 4.79 Å². The molecule has 25 heavy (non-hydrogen) atoms. The largest absolute Gasteiger partial charge is 0.338 e. The summed E-state index contributed by atoms with van der Waals surface area (Å²) < 4.78 is 1.69. The Morgan fingerprint density at radius 2 is 2.08 bits per heavy atom. The van der Waals surface area contributed by atoms with Crippen molar-refractivity contribution >= 4 is 17.6 Å². The lowest BCUT2D eigenvalue weighted by Gasteiger charge is -2.17. The predicted molar refractivity (Wildman–Crippen MR) is 95.2 cm³/mol. The number of rotatable bonds is 6. The Morgan fingerprint density at radius 3 is 2.88 bits per heavy atom. The van der Waals surface area contributed by atoms with Gasteiger partial charge >= 0.3 is 6.03 Å². The lowest BCUT2D eigenvalue weighted by molar-refractivity contribution is -0.118. The van der Waals surface area contributed by atoms with Gasteiger partial charge in [0.15, 0.2) is 0 Å². The first kappa shape index (κ1) is 17.0. The number of nitrogens with zero attached hydrogens (tertiary/aromatic N) is 3. The average Bonchev–Trinajstić information content (AvgIpc) is 3.23. The Kier molecular flexibility index (Phi) is 5.33. The summed E-state index contributed by atoms with van der Waals surface area (Å²) in [6.45, 7) is 1.65. The van der Waals surface area contributed by atoms with E-state index in [9.17, 15) is 9.59 Å². The zero-order chi connectivity index (χ0) is 17.6. The van der Waals surface area contributed by atoms with E-state index >= 15 is 0 Å². The topological polar surface area (TPSA) is 79.3 Å². The van der Waals surface area contributed by atoms with E-state index in [2.05, 4.69) is 21.8 Å². The van der Waals surface area contributed by atoms with Crippen LogP contribution >= 0.6 is 0 Å². The Balaban J connectivity index is 1.34. The fourth-order valence-electron chi connectivity index (χ4n) is 2.98. The maximum absolute atomic E-state index is 12.4. The molecule has 2 N–H and O–H groups in total. The van der Waals surface area contributed by atoms with Crippen LogP contribution < -0.4 is 15.5 Å². The summed E-state index contributed by atoms with van der Waals surface area (Å²) in [5, 5.41) is 9.59. The molecule has 1 aromatic heterocycles. The fraction of sp³-hybridized carbons (Fsp3) is 0.389. The summed E-state index contributed by atoms with van der Waals surface area (Å²) in [6.07, 6.45) is 5.53. The van der Waals surface area contributed by atoms with Crippen LogP contribution in [0.15, 0.2) is 36.7 Å². The number of para-hydroxylation sites is 1. The number of anilines is 1. The van der Waals surface area contributed by atoms with Gasteiger partial charge < -0.3 is 15.5 Å². The number of aryl methyl sites for hydroxylation is 1.